The highest BCUT2D eigenvalue weighted by Crippen LogP contribution is 2.15. The van der Waals surface area contributed by atoms with E-state index in [0.717, 1.165) is 16.8 Å². The Morgan fingerprint density at radius 1 is 1.38 bits per heavy atom. The van der Waals surface area contributed by atoms with Crippen molar-refractivity contribution in [3.63, 3.8) is 0 Å². The molecular formula is C12H10F2N4O3. The number of nitrogens with zero attached hydrogens (tertiary/aromatic N) is 3. The number of benzene rings is 1. The molecule has 0 aliphatic carbocycles. The minimum Gasteiger partial charge on any atom is -0.476 e. The lowest BCUT2D eigenvalue weighted by atomic mass is 10.3. The third-order valence-electron chi connectivity index (χ3n) is 2.68. The number of carbonyl (C=O) groups is 2. The molecule has 0 radical (unpaired) electrons. The highest BCUT2D eigenvalue weighted by molar-refractivity contribution is 5.91. The van der Waals surface area contributed by atoms with Crippen molar-refractivity contribution in [2.24, 2.45) is 0 Å². The predicted molar refractivity (Wildman–Crippen MR) is 66.7 cm³/mol. The number of anilines is 1. The average Bonchev–Trinajstić information content (AvgIpc) is 2.74. The number of carbonyl (C=O) groups excluding carboxylic acids is 1. The van der Waals surface area contributed by atoms with Crippen molar-refractivity contribution in [1.82, 2.24) is 15.0 Å². The van der Waals surface area contributed by atoms with Crippen LogP contribution in [0.4, 0.5) is 14.5 Å². The molecule has 0 atom stereocenters. The lowest BCUT2D eigenvalue weighted by Crippen LogP contribution is -2.21. The molecule has 2 rings (SSSR count). The lowest BCUT2D eigenvalue weighted by Gasteiger charge is -2.07. The number of halogens is 2. The van der Waals surface area contributed by atoms with Crippen LogP contribution < -0.4 is 5.32 Å². The van der Waals surface area contributed by atoms with Gasteiger partial charge in [-0.05, 0) is 19.1 Å². The maximum absolute atomic E-state index is 13.4. The fourth-order valence-electron chi connectivity index (χ4n) is 1.62. The SMILES string of the molecule is Cc1c(C(=O)O)nnn1CC(=O)Nc1ccc(F)cc1F. The molecule has 1 aromatic carbocycles. The van der Waals surface area contributed by atoms with Crippen LogP contribution in [-0.2, 0) is 11.3 Å². The molecule has 0 aliphatic heterocycles. The van der Waals surface area contributed by atoms with Crippen LogP contribution in [0.1, 0.15) is 16.2 Å². The van der Waals surface area contributed by atoms with Gasteiger partial charge in [-0.3, -0.25) is 4.79 Å². The molecule has 0 bridgehead atoms. The number of amides is 1. The zero-order chi connectivity index (χ0) is 15.6. The van der Waals surface area contributed by atoms with Crippen molar-refractivity contribution in [3.05, 3.63) is 41.2 Å². The first kappa shape index (κ1) is 14.6. The van der Waals surface area contributed by atoms with Crippen LogP contribution in [0.3, 0.4) is 0 Å². The van der Waals surface area contributed by atoms with Gasteiger partial charge in [-0.25, -0.2) is 18.3 Å². The van der Waals surface area contributed by atoms with Gasteiger partial charge in [0.25, 0.3) is 0 Å². The Kier molecular flexibility index (Phi) is 3.92. The first-order chi connectivity index (χ1) is 9.88. The highest BCUT2D eigenvalue weighted by atomic mass is 19.1. The Bertz CT molecular complexity index is 715. The van der Waals surface area contributed by atoms with Crippen molar-refractivity contribution in [2.45, 2.75) is 13.5 Å². The maximum atomic E-state index is 13.4. The monoisotopic (exact) mass is 296 g/mol. The number of hydrogen-bond acceptors (Lipinski definition) is 4. The van der Waals surface area contributed by atoms with Gasteiger partial charge in [0.15, 0.2) is 5.69 Å². The summed E-state index contributed by atoms with van der Waals surface area (Å²) in [6, 6.07) is 2.72. The second-order valence-corrected chi connectivity index (χ2v) is 4.16. The smallest absolute Gasteiger partial charge is 0.358 e. The molecule has 1 amide bonds. The van der Waals surface area contributed by atoms with E-state index in [1.807, 2.05) is 0 Å². The number of rotatable bonds is 4. The molecule has 110 valence electrons. The molecular weight excluding hydrogens is 286 g/mol. The number of carboxylic acids is 1. The topological polar surface area (TPSA) is 97.1 Å². The van der Waals surface area contributed by atoms with Crippen LogP contribution in [0.15, 0.2) is 18.2 Å². The van der Waals surface area contributed by atoms with E-state index in [1.54, 1.807) is 0 Å². The Morgan fingerprint density at radius 2 is 2.10 bits per heavy atom. The minimum absolute atomic E-state index is 0.183. The van der Waals surface area contributed by atoms with Gasteiger partial charge >= 0.3 is 5.97 Å². The van der Waals surface area contributed by atoms with Gasteiger partial charge in [0.2, 0.25) is 5.91 Å². The van der Waals surface area contributed by atoms with E-state index in [-0.39, 0.29) is 23.6 Å². The third kappa shape index (κ3) is 3.19. The zero-order valence-electron chi connectivity index (χ0n) is 10.8. The number of hydrogen-bond donors (Lipinski definition) is 2. The summed E-state index contributed by atoms with van der Waals surface area (Å²) >= 11 is 0. The first-order valence-electron chi connectivity index (χ1n) is 5.76. The van der Waals surface area contributed by atoms with Crippen LogP contribution >= 0.6 is 0 Å². The van der Waals surface area contributed by atoms with E-state index < -0.39 is 23.5 Å². The van der Waals surface area contributed by atoms with Crippen LogP contribution in [0.2, 0.25) is 0 Å². The Balaban J connectivity index is 2.10. The molecule has 0 aliphatic rings. The molecule has 0 unspecified atom stereocenters. The summed E-state index contributed by atoms with van der Waals surface area (Å²) in [4.78, 5) is 22.5. The molecule has 7 nitrogen and oxygen atoms in total. The fraction of sp³-hybridized carbons (Fsp3) is 0.167. The van der Waals surface area contributed by atoms with Gasteiger partial charge < -0.3 is 10.4 Å². The van der Waals surface area contributed by atoms with Crippen LogP contribution in [-0.4, -0.2) is 32.0 Å². The molecule has 1 heterocycles. The van der Waals surface area contributed by atoms with Gasteiger partial charge in [0.05, 0.1) is 11.4 Å². The van der Waals surface area contributed by atoms with Gasteiger partial charge in [-0.1, -0.05) is 5.21 Å². The van der Waals surface area contributed by atoms with Crippen LogP contribution in [0, 0.1) is 18.6 Å². The van der Waals surface area contributed by atoms with Crippen molar-refractivity contribution < 1.29 is 23.5 Å². The molecule has 0 saturated heterocycles. The second-order valence-electron chi connectivity index (χ2n) is 4.16. The Morgan fingerprint density at radius 3 is 2.67 bits per heavy atom. The largest absolute Gasteiger partial charge is 0.476 e. The molecule has 2 N–H and O–H groups in total. The second kappa shape index (κ2) is 5.65. The maximum Gasteiger partial charge on any atom is 0.358 e. The van der Waals surface area contributed by atoms with E-state index in [9.17, 15) is 18.4 Å². The molecule has 0 saturated carbocycles. The summed E-state index contributed by atoms with van der Waals surface area (Å²) in [6.07, 6.45) is 0. The van der Waals surface area contributed by atoms with E-state index in [4.69, 9.17) is 5.11 Å². The van der Waals surface area contributed by atoms with Gasteiger partial charge in [0.1, 0.15) is 18.2 Å². The van der Waals surface area contributed by atoms with Gasteiger partial charge in [0, 0.05) is 6.07 Å². The molecule has 0 fully saturated rings. The van der Waals surface area contributed by atoms with Crippen LogP contribution in [0.25, 0.3) is 0 Å². The summed E-state index contributed by atoms with van der Waals surface area (Å²) in [5.41, 5.74) is -0.259. The van der Waals surface area contributed by atoms with E-state index in [0.29, 0.717) is 6.07 Å². The first-order valence-corrected chi connectivity index (χ1v) is 5.76. The number of nitrogens with one attached hydrogen (secondary N) is 1. The predicted octanol–water partition coefficient (Wildman–Crippen LogP) is 1.20. The molecule has 1 aromatic heterocycles. The third-order valence-corrected chi connectivity index (χ3v) is 2.68. The van der Waals surface area contributed by atoms with Gasteiger partial charge in [-0.2, -0.15) is 0 Å². The molecule has 2 aromatic rings. The zero-order valence-corrected chi connectivity index (χ0v) is 10.8. The van der Waals surface area contributed by atoms with E-state index >= 15 is 0 Å². The van der Waals surface area contributed by atoms with Gasteiger partial charge in [-0.15, -0.1) is 5.10 Å². The Labute approximate surface area is 117 Å². The van der Waals surface area contributed by atoms with Crippen LogP contribution in [0.5, 0.6) is 0 Å². The highest BCUT2D eigenvalue weighted by Gasteiger charge is 2.17. The summed E-state index contributed by atoms with van der Waals surface area (Å²) in [7, 11) is 0. The van der Waals surface area contributed by atoms with Crippen molar-refractivity contribution in [1.29, 1.82) is 0 Å². The van der Waals surface area contributed by atoms with E-state index in [1.165, 1.54) is 6.92 Å². The summed E-state index contributed by atoms with van der Waals surface area (Å²) in [6.45, 7) is 1.10. The summed E-state index contributed by atoms with van der Waals surface area (Å²) in [5, 5.41) is 18.0. The van der Waals surface area contributed by atoms with Crippen molar-refractivity contribution in [3.8, 4) is 0 Å². The quantitative estimate of drug-likeness (QED) is 0.883. The lowest BCUT2D eigenvalue weighted by molar-refractivity contribution is -0.117. The normalized spacial score (nSPS) is 10.4. The Hall–Kier alpha value is -2.84. The molecule has 21 heavy (non-hydrogen) atoms. The minimum atomic E-state index is -1.26. The van der Waals surface area contributed by atoms with E-state index in [2.05, 4.69) is 15.6 Å². The van der Waals surface area contributed by atoms with Crippen molar-refractivity contribution in [2.75, 3.05) is 5.32 Å². The molecule has 0 spiro atoms. The van der Waals surface area contributed by atoms with Crippen molar-refractivity contribution >= 4 is 17.6 Å². The fourth-order valence-corrected chi connectivity index (χ4v) is 1.62. The summed E-state index contributed by atoms with van der Waals surface area (Å²) in [5.74, 6) is -3.58. The number of aromatic carboxylic acids is 1. The number of carboxylic acid groups (broad SMARTS) is 1. The standard InChI is InChI=1S/C12H10F2N4O3/c1-6-11(12(20)21)16-17-18(6)5-10(19)15-9-3-2-7(13)4-8(9)14/h2-4H,5H2,1H3,(H,15,19)(H,20,21). The number of aromatic nitrogens is 3. The summed E-state index contributed by atoms with van der Waals surface area (Å²) < 4.78 is 27.2. The molecule has 9 heteroatoms. The average molecular weight is 296 g/mol.